The van der Waals surface area contributed by atoms with E-state index in [4.69, 9.17) is 5.11 Å². The maximum Gasteiger partial charge on any atom is 0.303 e. The van der Waals surface area contributed by atoms with Crippen molar-refractivity contribution in [3.05, 3.63) is 71.3 Å². The molecule has 1 fully saturated rings. The second-order valence-electron chi connectivity index (χ2n) is 12.1. The molecule has 1 aliphatic carbocycles. The van der Waals surface area contributed by atoms with Crippen LogP contribution < -0.4 is 10.6 Å². The van der Waals surface area contributed by atoms with Gasteiger partial charge in [0.15, 0.2) is 0 Å². The molecule has 226 valence electrons. The summed E-state index contributed by atoms with van der Waals surface area (Å²) in [7, 11) is 0. The maximum atomic E-state index is 14.0. The van der Waals surface area contributed by atoms with Crippen LogP contribution in [0.25, 0.3) is 0 Å². The SMILES string of the molecule is CC(C)CC(NC(=O)C(Cc1ccccc1)N1Cc2ccccc2C1=O)C(=O)NC1CCCCC1(O)CCCC(=O)O. The fraction of sp³-hybridized carbons (Fsp3) is 0.515. The summed E-state index contributed by atoms with van der Waals surface area (Å²) in [5.41, 5.74) is 1.16. The standard InChI is InChI=1S/C33H43N3O6/c1-22(2)19-26(30(39)35-28-15-8-9-17-33(28,42)18-10-16-29(37)38)34-31(40)27(20-23-11-4-3-5-12-23)36-21-24-13-6-7-14-25(24)32(36)41/h3-7,11-14,22,26-28,42H,8-10,15-21H2,1-2H3,(H,34,40)(H,35,39)(H,37,38). The lowest BCUT2D eigenvalue weighted by Crippen LogP contribution is -2.60. The molecule has 0 spiro atoms. The van der Waals surface area contributed by atoms with Gasteiger partial charge in [-0.05, 0) is 55.2 Å². The fourth-order valence-electron chi connectivity index (χ4n) is 6.23. The van der Waals surface area contributed by atoms with Gasteiger partial charge in [-0.2, -0.15) is 0 Å². The number of amides is 3. The predicted octanol–water partition coefficient (Wildman–Crippen LogP) is 3.83. The summed E-state index contributed by atoms with van der Waals surface area (Å²) < 4.78 is 0. The first-order chi connectivity index (χ1) is 20.1. The van der Waals surface area contributed by atoms with Gasteiger partial charge in [-0.15, -0.1) is 0 Å². The summed E-state index contributed by atoms with van der Waals surface area (Å²) >= 11 is 0. The minimum atomic E-state index is -1.20. The molecule has 0 radical (unpaired) electrons. The summed E-state index contributed by atoms with van der Waals surface area (Å²) in [6.07, 6.45) is 3.93. The molecule has 1 saturated carbocycles. The van der Waals surface area contributed by atoms with Gasteiger partial charge >= 0.3 is 5.97 Å². The van der Waals surface area contributed by atoms with Crippen molar-refractivity contribution in [2.45, 2.75) is 102 Å². The molecule has 9 nitrogen and oxygen atoms in total. The molecule has 2 aromatic carbocycles. The van der Waals surface area contributed by atoms with E-state index in [-0.39, 0.29) is 30.6 Å². The number of rotatable bonds is 13. The van der Waals surface area contributed by atoms with Crippen LogP contribution >= 0.6 is 0 Å². The van der Waals surface area contributed by atoms with Gasteiger partial charge in [0.25, 0.3) is 5.91 Å². The lowest BCUT2D eigenvalue weighted by molar-refractivity contribution is -0.138. The van der Waals surface area contributed by atoms with Gasteiger partial charge in [-0.25, -0.2) is 0 Å². The molecule has 4 unspecified atom stereocenters. The van der Waals surface area contributed by atoms with Crippen molar-refractivity contribution in [1.29, 1.82) is 0 Å². The second-order valence-corrected chi connectivity index (χ2v) is 12.1. The van der Waals surface area contributed by atoms with Gasteiger partial charge in [0, 0.05) is 24.9 Å². The van der Waals surface area contributed by atoms with E-state index in [9.17, 15) is 24.3 Å². The molecule has 4 rings (SSSR count). The Labute approximate surface area is 247 Å². The average Bonchev–Trinajstić information content (AvgIpc) is 3.28. The molecule has 1 aliphatic heterocycles. The monoisotopic (exact) mass is 577 g/mol. The van der Waals surface area contributed by atoms with E-state index in [1.807, 2.05) is 62.4 Å². The highest BCUT2D eigenvalue weighted by Gasteiger charge is 2.41. The molecule has 9 heteroatoms. The Bertz CT molecular complexity index is 1270. The molecular weight excluding hydrogens is 534 g/mol. The number of benzene rings is 2. The number of hydrogen-bond donors (Lipinski definition) is 4. The van der Waals surface area contributed by atoms with E-state index >= 15 is 0 Å². The zero-order valence-corrected chi connectivity index (χ0v) is 24.6. The van der Waals surface area contributed by atoms with Gasteiger partial charge in [0.05, 0.1) is 11.6 Å². The summed E-state index contributed by atoms with van der Waals surface area (Å²) in [5.74, 6) is -1.82. The molecule has 0 aromatic heterocycles. The Morgan fingerprint density at radius 3 is 2.43 bits per heavy atom. The number of nitrogens with one attached hydrogen (secondary N) is 2. The number of carbonyl (C=O) groups excluding carboxylic acids is 3. The Balaban J connectivity index is 1.52. The first-order valence-electron chi connectivity index (χ1n) is 15.0. The number of carboxylic acid groups (broad SMARTS) is 1. The zero-order valence-electron chi connectivity index (χ0n) is 24.6. The Morgan fingerprint density at radius 2 is 1.74 bits per heavy atom. The van der Waals surface area contributed by atoms with Crippen LogP contribution in [0.3, 0.4) is 0 Å². The van der Waals surface area contributed by atoms with Crippen molar-refractivity contribution >= 4 is 23.7 Å². The number of aliphatic carboxylic acids is 1. The third kappa shape index (κ3) is 7.76. The highest BCUT2D eigenvalue weighted by molar-refractivity contribution is 6.01. The Morgan fingerprint density at radius 1 is 1.02 bits per heavy atom. The molecule has 2 aliphatic rings. The number of carbonyl (C=O) groups is 4. The molecule has 4 atom stereocenters. The van der Waals surface area contributed by atoms with Crippen LogP contribution in [0, 0.1) is 5.92 Å². The van der Waals surface area contributed by atoms with Crippen LogP contribution in [0.2, 0.25) is 0 Å². The first-order valence-corrected chi connectivity index (χ1v) is 15.0. The van der Waals surface area contributed by atoms with Gasteiger partial charge in [-0.3, -0.25) is 19.2 Å². The smallest absolute Gasteiger partial charge is 0.303 e. The van der Waals surface area contributed by atoms with E-state index in [1.54, 1.807) is 11.0 Å². The lowest BCUT2D eigenvalue weighted by Gasteiger charge is -2.41. The van der Waals surface area contributed by atoms with E-state index in [0.717, 1.165) is 24.0 Å². The minimum Gasteiger partial charge on any atom is -0.481 e. The van der Waals surface area contributed by atoms with Gasteiger partial charge in [0.2, 0.25) is 11.8 Å². The van der Waals surface area contributed by atoms with Crippen molar-refractivity contribution in [2.75, 3.05) is 0 Å². The minimum absolute atomic E-state index is 0.0447. The first kappa shape index (κ1) is 31.2. The number of fused-ring (bicyclic) bond motifs is 1. The molecule has 4 N–H and O–H groups in total. The van der Waals surface area contributed by atoms with Gasteiger partial charge in [0.1, 0.15) is 12.1 Å². The molecule has 3 amide bonds. The largest absolute Gasteiger partial charge is 0.481 e. The van der Waals surface area contributed by atoms with Crippen LogP contribution in [0.4, 0.5) is 0 Å². The van der Waals surface area contributed by atoms with Crippen molar-refractivity contribution in [3.63, 3.8) is 0 Å². The van der Waals surface area contributed by atoms with Crippen molar-refractivity contribution in [2.24, 2.45) is 5.92 Å². The second kappa shape index (κ2) is 14.0. The predicted molar refractivity (Wildman–Crippen MR) is 158 cm³/mol. The van der Waals surface area contributed by atoms with Crippen LogP contribution in [-0.2, 0) is 27.3 Å². The van der Waals surface area contributed by atoms with Crippen LogP contribution in [0.5, 0.6) is 0 Å². The Hall–Kier alpha value is -3.72. The van der Waals surface area contributed by atoms with Crippen molar-refractivity contribution in [1.82, 2.24) is 15.5 Å². The fourth-order valence-corrected chi connectivity index (χ4v) is 6.23. The molecule has 1 heterocycles. The van der Waals surface area contributed by atoms with Gasteiger partial charge < -0.3 is 25.7 Å². The third-order valence-corrected chi connectivity index (χ3v) is 8.46. The van der Waals surface area contributed by atoms with Crippen molar-refractivity contribution < 1.29 is 29.4 Å². The highest BCUT2D eigenvalue weighted by Crippen LogP contribution is 2.33. The molecular formula is C33H43N3O6. The number of aliphatic hydroxyl groups is 1. The number of hydrogen-bond acceptors (Lipinski definition) is 5. The van der Waals surface area contributed by atoms with Gasteiger partial charge in [-0.1, -0.05) is 75.2 Å². The molecule has 2 aromatic rings. The maximum absolute atomic E-state index is 14.0. The Kier molecular flexibility index (Phi) is 10.4. The lowest BCUT2D eigenvalue weighted by atomic mass is 9.77. The molecule has 42 heavy (non-hydrogen) atoms. The van der Waals surface area contributed by atoms with E-state index < -0.39 is 35.6 Å². The summed E-state index contributed by atoms with van der Waals surface area (Å²) in [5, 5.41) is 26.4. The summed E-state index contributed by atoms with van der Waals surface area (Å²) in [4.78, 5) is 53.7. The average molecular weight is 578 g/mol. The van der Waals surface area contributed by atoms with Crippen LogP contribution in [0.1, 0.15) is 86.7 Å². The summed E-state index contributed by atoms with van der Waals surface area (Å²) in [6.45, 7) is 4.25. The van der Waals surface area contributed by atoms with Crippen LogP contribution in [0.15, 0.2) is 54.6 Å². The normalized spacial score (nSPS) is 21.5. The van der Waals surface area contributed by atoms with E-state index in [0.29, 0.717) is 44.2 Å². The van der Waals surface area contributed by atoms with E-state index in [1.165, 1.54) is 0 Å². The van der Waals surface area contributed by atoms with Crippen LogP contribution in [-0.4, -0.2) is 62.5 Å². The van der Waals surface area contributed by atoms with E-state index in [2.05, 4.69) is 10.6 Å². The topological polar surface area (TPSA) is 136 Å². The third-order valence-electron chi connectivity index (χ3n) is 8.46. The molecule has 0 bridgehead atoms. The zero-order chi connectivity index (χ0) is 30.3. The number of carboxylic acids is 1. The summed E-state index contributed by atoms with van der Waals surface area (Å²) in [6, 6.07) is 14.6. The highest BCUT2D eigenvalue weighted by atomic mass is 16.4. The van der Waals surface area contributed by atoms with Crippen molar-refractivity contribution in [3.8, 4) is 0 Å². The molecule has 0 saturated heterocycles. The number of nitrogens with zero attached hydrogens (tertiary/aromatic N) is 1. The quantitative estimate of drug-likeness (QED) is 0.286.